The van der Waals surface area contributed by atoms with Crippen molar-refractivity contribution in [1.29, 1.82) is 0 Å². The number of carbonyl (C=O) groups excluding carboxylic acids is 1. The summed E-state index contributed by atoms with van der Waals surface area (Å²) in [6.07, 6.45) is -0.640. The summed E-state index contributed by atoms with van der Waals surface area (Å²) in [5.74, 6) is -0.194. The summed E-state index contributed by atoms with van der Waals surface area (Å²) in [5.41, 5.74) is 1.03. The minimum atomic E-state index is -0.640. The molecule has 84 valence electrons. The SMILES string of the molecule is COC(=O)Nc1nc2cc(Br)c(F)cc2[nH]1. The van der Waals surface area contributed by atoms with Crippen molar-refractivity contribution in [1.82, 2.24) is 9.97 Å². The standard InChI is InChI=1S/C9H7BrFN3O2/c1-16-9(15)14-8-12-6-2-4(10)5(11)3-7(6)13-8/h2-3H,1H3,(H2,12,13,14,15). The van der Waals surface area contributed by atoms with Crippen LogP contribution in [-0.4, -0.2) is 23.2 Å². The van der Waals surface area contributed by atoms with Crippen LogP contribution in [0.2, 0.25) is 0 Å². The first-order valence-electron chi connectivity index (χ1n) is 4.30. The van der Waals surface area contributed by atoms with Crippen LogP contribution in [0.5, 0.6) is 0 Å². The van der Waals surface area contributed by atoms with Gasteiger partial charge in [-0.05, 0) is 22.0 Å². The van der Waals surface area contributed by atoms with Gasteiger partial charge in [0.25, 0.3) is 0 Å². The molecule has 5 nitrogen and oxygen atoms in total. The van der Waals surface area contributed by atoms with E-state index in [4.69, 9.17) is 0 Å². The number of rotatable bonds is 1. The Kier molecular flexibility index (Phi) is 2.78. The van der Waals surface area contributed by atoms with Gasteiger partial charge in [0.1, 0.15) is 5.82 Å². The first kappa shape index (κ1) is 10.9. The lowest BCUT2D eigenvalue weighted by molar-refractivity contribution is 0.186. The number of aromatic amines is 1. The van der Waals surface area contributed by atoms with Crippen LogP contribution in [-0.2, 0) is 4.74 Å². The number of ether oxygens (including phenoxy) is 1. The number of nitrogens with zero attached hydrogens (tertiary/aromatic N) is 1. The van der Waals surface area contributed by atoms with Gasteiger partial charge in [-0.2, -0.15) is 0 Å². The number of amides is 1. The molecule has 7 heteroatoms. The molecule has 0 unspecified atom stereocenters. The Hall–Kier alpha value is -1.63. The quantitative estimate of drug-likeness (QED) is 0.847. The lowest BCUT2D eigenvalue weighted by Crippen LogP contribution is -2.11. The maximum atomic E-state index is 13.2. The Labute approximate surface area is 98.1 Å². The smallest absolute Gasteiger partial charge is 0.413 e. The molecule has 0 spiro atoms. The minimum Gasteiger partial charge on any atom is -0.453 e. The third-order valence-electron chi connectivity index (χ3n) is 1.93. The van der Waals surface area contributed by atoms with Gasteiger partial charge >= 0.3 is 6.09 Å². The molecule has 1 heterocycles. The molecule has 2 aromatic rings. The van der Waals surface area contributed by atoms with E-state index in [0.717, 1.165) is 0 Å². The zero-order valence-electron chi connectivity index (χ0n) is 8.17. The van der Waals surface area contributed by atoms with E-state index in [-0.39, 0.29) is 5.95 Å². The van der Waals surface area contributed by atoms with Crippen molar-refractivity contribution in [3.63, 3.8) is 0 Å². The van der Waals surface area contributed by atoms with Gasteiger partial charge < -0.3 is 9.72 Å². The number of imidazole rings is 1. The summed E-state index contributed by atoms with van der Waals surface area (Å²) in [5, 5.41) is 2.35. The molecule has 0 saturated heterocycles. The van der Waals surface area contributed by atoms with Crippen molar-refractivity contribution in [2.24, 2.45) is 0 Å². The average molecular weight is 288 g/mol. The Morgan fingerprint density at radius 1 is 1.62 bits per heavy atom. The van der Waals surface area contributed by atoms with Gasteiger partial charge in [0, 0.05) is 6.07 Å². The molecule has 0 fully saturated rings. The van der Waals surface area contributed by atoms with Crippen molar-refractivity contribution in [3.05, 3.63) is 22.4 Å². The van der Waals surface area contributed by atoms with E-state index in [1.165, 1.54) is 19.2 Å². The molecule has 1 amide bonds. The van der Waals surface area contributed by atoms with E-state index in [0.29, 0.717) is 15.5 Å². The second-order valence-corrected chi connectivity index (χ2v) is 3.84. The van der Waals surface area contributed by atoms with Crippen molar-refractivity contribution in [2.75, 3.05) is 12.4 Å². The topological polar surface area (TPSA) is 67.0 Å². The zero-order chi connectivity index (χ0) is 11.7. The average Bonchev–Trinajstić information content (AvgIpc) is 2.60. The van der Waals surface area contributed by atoms with Crippen LogP contribution in [0.25, 0.3) is 11.0 Å². The number of carbonyl (C=O) groups is 1. The first-order chi connectivity index (χ1) is 7.60. The number of methoxy groups -OCH3 is 1. The van der Waals surface area contributed by atoms with Crippen LogP contribution in [0, 0.1) is 5.82 Å². The molecule has 0 bridgehead atoms. The Morgan fingerprint density at radius 2 is 2.38 bits per heavy atom. The zero-order valence-corrected chi connectivity index (χ0v) is 9.76. The number of H-pyrrole nitrogens is 1. The van der Waals surface area contributed by atoms with E-state index in [1.54, 1.807) is 0 Å². The Bertz CT molecular complexity index is 516. The molecule has 0 aliphatic heterocycles. The molecule has 16 heavy (non-hydrogen) atoms. The highest BCUT2D eigenvalue weighted by Crippen LogP contribution is 2.22. The maximum Gasteiger partial charge on any atom is 0.413 e. The molecule has 1 aromatic heterocycles. The fraction of sp³-hybridized carbons (Fsp3) is 0.111. The number of anilines is 1. The summed E-state index contributed by atoms with van der Waals surface area (Å²) >= 11 is 3.05. The van der Waals surface area contributed by atoms with E-state index >= 15 is 0 Å². The number of benzene rings is 1. The van der Waals surface area contributed by atoms with E-state index in [9.17, 15) is 9.18 Å². The predicted octanol–water partition coefficient (Wildman–Crippen LogP) is 2.64. The highest BCUT2D eigenvalue weighted by molar-refractivity contribution is 9.10. The maximum absolute atomic E-state index is 13.2. The number of hydrogen-bond donors (Lipinski definition) is 2. The normalized spacial score (nSPS) is 10.4. The van der Waals surface area contributed by atoms with Gasteiger partial charge in [0.15, 0.2) is 0 Å². The Balaban J connectivity index is 2.40. The van der Waals surface area contributed by atoms with Gasteiger partial charge in [0.05, 0.1) is 22.6 Å². The molecule has 1 aromatic carbocycles. The van der Waals surface area contributed by atoms with Gasteiger partial charge in [-0.1, -0.05) is 0 Å². The van der Waals surface area contributed by atoms with Crippen LogP contribution in [0.4, 0.5) is 15.1 Å². The highest BCUT2D eigenvalue weighted by Gasteiger charge is 2.09. The van der Waals surface area contributed by atoms with Gasteiger partial charge in [-0.25, -0.2) is 14.2 Å². The molecule has 0 aliphatic rings. The summed E-state index contributed by atoms with van der Waals surface area (Å²) in [6, 6.07) is 2.80. The molecule has 0 saturated carbocycles. The largest absolute Gasteiger partial charge is 0.453 e. The lowest BCUT2D eigenvalue weighted by atomic mass is 10.3. The molecule has 2 N–H and O–H groups in total. The fourth-order valence-corrected chi connectivity index (χ4v) is 1.54. The number of hydrogen-bond acceptors (Lipinski definition) is 3. The predicted molar refractivity (Wildman–Crippen MR) is 59.8 cm³/mol. The van der Waals surface area contributed by atoms with Crippen LogP contribution in [0.3, 0.4) is 0 Å². The van der Waals surface area contributed by atoms with Crippen molar-refractivity contribution in [2.45, 2.75) is 0 Å². The van der Waals surface area contributed by atoms with Gasteiger partial charge in [-0.15, -0.1) is 0 Å². The van der Waals surface area contributed by atoms with Crippen LogP contribution in [0.15, 0.2) is 16.6 Å². The molecule has 0 atom stereocenters. The minimum absolute atomic E-state index is 0.208. The Morgan fingerprint density at radius 3 is 3.06 bits per heavy atom. The second kappa shape index (κ2) is 4.09. The second-order valence-electron chi connectivity index (χ2n) is 2.99. The van der Waals surface area contributed by atoms with E-state index in [1.807, 2.05) is 0 Å². The molecule has 0 aliphatic carbocycles. The third kappa shape index (κ3) is 1.99. The van der Waals surface area contributed by atoms with Gasteiger partial charge in [-0.3, -0.25) is 5.32 Å². The highest BCUT2D eigenvalue weighted by atomic mass is 79.9. The number of aromatic nitrogens is 2. The van der Waals surface area contributed by atoms with Crippen LogP contribution >= 0.6 is 15.9 Å². The third-order valence-corrected chi connectivity index (χ3v) is 2.54. The summed E-state index contributed by atoms with van der Waals surface area (Å²) in [7, 11) is 1.24. The summed E-state index contributed by atoms with van der Waals surface area (Å²) in [4.78, 5) is 17.7. The molecular weight excluding hydrogens is 281 g/mol. The fourth-order valence-electron chi connectivity index (χ4n) is 1.21. The van der Waals surface area contributed by atoms with Crippen molar-refractivity contribution in [3.8, 4) is 0 Å². The van der Waals surface area contributed by atoms with Crippen LogP contribution < -0.4 is 5.32 Å². The lowest BCUT2D eigenvalue weighted by Gasteiger charge is -1.96. The molecule has 0 radical (unpaired) electrons. The molecular formula is C9H7BrFN3O2. The van der Waals surface area contributed by atoms with Gasteiger partial charge in [0.2, 0.25) is 5.95 Å². The van der Waals surface area contributed by atoms with E-state index < -0.39 is 11.9 Å². The number of fused-ring (bicyclic) bond motifs is 1. The number of nitrogens with one attached hydrogen (secondary N) is 2. The summed E-state index contributed by atoms with van der Waals surface area (Å²) < 4.78 is 17.9. The van der Waals surface area contributed by atoms with Crippen LogP contribution in [0.1, 0.15) is 0 Å². The summed E-state index contributed by atoms with van der Waals surface area (Å²) in [6.45, 7) is 0. The number of halogens is 2. The molecule has 2 rings (SSSR count). The van der Waals surface area contributed by atoms with Crippen molar-refractivity contribution < 1.29 is 13.9 Å². The monoisotopic (exact) mass is 287 g/mol. The first-order valence-corrected chi connectivity index (χ1v) is 5.09. The van der Waals surface area contributed by atoms with Crippen molar-refractivity contribution >= 4 is 39.0 Å². The van der Waals surface area contributed by atoms with E-state index in [2.05, 4.69) is 36.0 Å².